The lowest BCUT2D eigenvalue weighted by Gasteiger charge is -2.35. The fourth-order valence-electron chi connectivity index (χ4n) is 4.81. The molecular formula is C27H30N2O6. The third-order valence-electron chi connectivity index (χ3n) is 6.42. The molecule has 2 aliphatic rings. The minimum Gasteiger partial charge on any atom is -0.496 e. The summed E-state index contributed by atoms with van der Waals surface area (Å²) in [5.41, 5.74) is 3.71. The average molecular weight is 479 g/mol. The van der Waals surface area contributed by atoms with Crippen LogP contribution in [0.25, 0.3) is 0 Å². The highest BCUT2D eigenvalue weighted by molar-refractivity contribution is 6.10. The van der Waals surface area contributed by atoms with Gasteiger partial charge in [0.15, 0.2) is 17.3 Å². The highest BCUT2D eigenvalue weighted by Gasteiger charge is 2.40. The number of amides is 1. The molecule has 1 heterocycles. The highest BCUT2D eigenvalue weighted by atomic mass is 16.5. The molecule has 35 heavy (non-hydrogen) atoms. The van der Waals surface area contributed by atoms with Crippen molar-refractivity contribution in [3.05, 3.63) is 64.5 Å². The Morgan fingerprint density at radius 2 is 1.57 bits per heavy atom. The maximum atomic E-state index is 13.8. The molecule has 0 fully saturated rings. The predicted molar refractivity (Wildman–Crippen MR) is 132 cm³/mol. The number of ether oxygens (including phenoxy) is 4. The van der Waals surface area contributed by atoms with Gasteiger partial charge in [0, 0.05) is 40.6 Å². The zero-order valence-corrected chi connectivity index (χ0v) is 20.6. The van der Waals surface area contributed by atoms with Crippen LogP contribution >= 0.6 is 0 Å². The Kier molecular flexibility index (Phi) is 7.00. The van der Waals surface area contributed by atoms with E-state index in [9.17, 15) is 9.59 Å². The lowest BCUT2D eigenvalue weighted by Crippen LogP contribution is -2.35. The molecule has 1 atom stereocenters. The van der Waals surface area contributed by atoms with Crippen LogP contribution in [0.1, 0.15) is 37.7 Å². The summed E-state index contributed by atoms with van der Waals surface area (Å²) in [5, 5.41) is 6.30. The van der Waals surface area contributed by atoms with Crippen LogP contribution in [0.2, 0.25) is 0 Å². The van der Waals surface area contributed by atoms with E-state index in [1.54, 1.807) is 52.7 Å². The van der Waals surface area contributed by atoms with E-state index in [1.165, 1.54) is 0 Å². The van der Waals surface area contributed by atoms with Gasteiger partial charge in [-0.1, -0.05) is 12.1 Å². The Morgan fingerprint density at radius 1 is 0.914 bits per heavy atom. The summed E-state index contributed by atoms with van der Waals surface area (Å²) < 4.78 is 22.1. The third kappa shape index (κ3) is 4.43. The first-order chi connectivity index (χ1) is 16.9. The summed E-state index contributed by atoms with van der Waals surface area (Å²) in [7, 11) is 6.19. The third-order valence-corrected chi connectivity index (χ3v) is 6.42. The summed E-state index contributed by atoms with van der Waals surface area (Å²) in [4.78, 5) is 27.0. The van der Waals surface area contributed by atoms with Crippen molar-refractivity contribution in [1.29, 1.82) is 0 Å². The number of allylic oxidation sites excluding steroid dienone is 3. The molecule has 0 saturated heterocycles. The molecule has 8 heteroatoms. The van der Waals surface area contributed by atoms with Gasteiger partial charge in [0.1, 0.15) is 11.5 Å². The minimum atomic E-state index is -0.650. The van der Waals surface area contributed by atoms with Gasteiger partial charge < -0.3 is 29.6 Å². The van der Waals surface area contributed by atoms with Crippen LogP contribution in [0.3, 0.4) is 0 Å². The number of carbonyl (C=O) groups excluding carboxylic acids is 2. The molecule has 2 N–H and O–H groups in total. The van der Waals surface area contributed by atoms with Crippen molar-refractivity contribution in [3.63, 3.8) is 0 Å². The SMILES string of the molecule is COc1ccccc1NC(=O)C1=C(C)NC2=C(C(=O)CCC2)C1c1cc(OC)c(OC)cc1OC. The Bertz CT molecular complexity index is 1230. The molecule has 184 valence electrons. The van der Waals surface area contributed by atoms with E-state index in [0.717, 1.165) is 18.5 Å². The number of anilines is 1. The van der Waals surface area contributed by atoms with Crippen LogP contribution < -0.4 is 29.6 Å². The standard InChI is InChI=1S/C27H30N2O6/c1-15-24(27(31)29-17-9-6-7-12-20(17)32-2)25(26-18(28-15)10-8-11-19(26)30)16-13-22(34-4)23(35-5)14-21(16)33-3/h6-7,9,12-14,25,28H,8,10-11H2,1-5H3,(H,29,31). The van der Waals surface area contributed by atoms with Gasteiger partial charge in [-0.15, -0.1) is 0 Å². The van der Waals surface area contributed by atoms with Crippen LogP contribution in [0, 0.1) is 0 Å². The van der Waals surface area contributed by atoms with Crippen LogP contribution in [-0.2, 0) is 9.59 Å². The number of ketones is 1. The van der Waals surface area contributed by atoms with E-state index in [-0.39, 0.29) is 11.7 Å². The molecule has 1 amide bonds. The van der Waals surface area contributed by atoms with Crippen LogP contribution in [-0.4, -0.2) is 40.1 Å². The fraction of sp³-hybridized carbons (Fsp3) is 0.333. The van der Waals surface area contributed by atoms with Crippen LogP contribution in [0.5, 0.6) is 23.0 Å². The molecule has 1 unspecified atom stereocenters. The van der Waals surface area contributed by atoms with E-state index in [0.29, 0.717) is 57.5 Å². The summed E-state index contributed by atoms with van der Waals surface area (Å²) in [5.74, 6) is 1.03. The van der Waals surface area contributed by atoms with E-state index in [2.05, 4.69) is 10.6 Å². The summed E-state index contributed by atoms with van der Waals surface area (Å²) in [6.07, 6.45) is 1.91. The number of Topliss-reactive ketones (excluding diaryl/α,β-unsaturated/α-hetero) is 1. The average Bonchev–Trinajstić information content (AvgIpc) is 2.87. The number of hydrogen-bond acceptors (Lipinski definition) is 7. The van der Waals surface area contributed by atoms with Gasteiger partial charge in [-0.25, -0.2) is 0 Å². The van der Waals surface area contributed by atoms with Crippen LogP contribution in [0.4, 0.5) is 5.69 Å². The second kappa shape index (κ2) is 10.1. The van der Waals surface area contributed by atoms with E-state index in [1.807, 2.05) is 19.1 Å². The van der Waals surface area contributed by atoms with Crippen LogP contribution in [0.15, 0.2) is 58.9 Å². The summed E-state index contributed by atoms with van der Waals surface area (Å²) >= 11 is 0. The number of carbonyl (C=O) groups is 2. The Balaban J connectivity index is 1.89. The molecule has 4 rings (SSSR count). The monoisotopic (exact) mass is 478 g/mol. The molecule has 0 bridgehead atoms. The number of nitrogens with one attached hydrogen (secondary N) is 2. The lowest BCUT2D eigenvalue weighted by atomic mass is 9.74. The summed E-state index contributed by atoms with van der Waals surface area (Å²) in [6, 6.07) is 10.7. The number of dihydropyridines is 1. The quantitative estimate of drug-likeness (QED) is 0.612. The van der Waals surface area contributed by atoms with Crippen molar-refractivity contribution < 1.29 is 28.5 Å². The maximum absolute atomic E-state index is 13.8. The number of rotatable bonds is 7. The highest BCUT2D eigenvalue weighted by Crippen LogP contribution is 2.48. The van der Waals surface area contributed by atoms with Crippen molar-refractivity contribution in [2.24, 2.45) is 0 Å². The van der Waals surface area contributed by atoms with Gasteiger partial charge in [0.25, 0.3) is 5.91 Å². The zero-order chi connectivity index (χ0) is 25.1. The Morgan fingerprint density at radius 3 is 2.26 bits per heavy atom. The van der Waals surface area contributed by atoms with Crippen molar-refractivity contribution in [3.8, 4) is 23.0 Å². The molecular weight excluding hydrogens is 448 g/mol. The van der Waals surface area contributed by atoms with Gasteiger partial charge in [-0.05, 0) is 38.0 Å². The molecule has 1 aliphatic heterocycles. The number of para-hydroxylation sites is 2. The molecule has 2 aromatic rings. The molecule has 2 aromatic carbocycles. The number of hydrogen-bond donors (Lipinski definition) is 2. The van der Waals surface area contributed by atoms with Gasteiger partial charge in [-0.3, -0.25) is 9.59 Å². The zero-order valence-electron chi connectivity index (χ0n) is 20.6. The topological polar surface area (TPSA) is 95.1 Å². The Labute approximate surface area is 204 Å². The summed E-state index contributed by atoms with van der Waals surface area (Å²) in [6.45, 7) is 1.85. The fourth-order valence-corrected chi connectivity index (χ4v) is 4.81. The molecule has 8 nitrogen and oxygen atoms in total. The molecule has 0 saturated carbocycles. The van der Waals surface area contributed by atoms with E-state index < -0.39 is 5.92 Å². The van der Waals surface area contributed by atoms with Gasteiger partial charge in [0.05, 0.1) is 40.0 Å². The second-order valence-corrected chi connectivity index (χ2v) is 8.37. The van der Waals surface area contributed by atoms with Gasteiger partial charge in [0.2, 0.25) is 0 Å². The molecule has 0 aromatic heterocycles. The molecule has 0 radical (unpaired) electrons. The number of methoxy groups -OCH3 is 4. The predicted octanol–water partition coefficient (Wildman–Crippen LogP) is 4.33. The van der Waals surface area contributed by atoms with Crippen molar-refractivity contribution in [2.45, 2.75) is 32.1 Å². The smallest absolute Gasteiger partial charge is 0.254 e. The van der Waals surface area contributed by atoms with Crippen molar-refractivity contribution >= 4 is 17.4 Å². The first-order valence-corrected chi connectivity index (χ1v) is 11.4. The second-order valence-electron chi connectivity index (χ2n) is 8.37. The normalized spacial score (nSPS) is 17.4. The van der Waals surface area contributed by atoms with E-state index in [4.69, 9.17) is 18.9 Å². The van der Waals surface area contributed by atoms with Gasteiger partial charge >= 0.3 is 0 Å². The minimum absolute atomic E-state index is 0.00989. The molecule has 1 aliphatic carbocycles. The first-order valence-electron chi connectivity index (χ1n) is 11.4. The molecule has 0 spiro atoms. The van der Waals surface area contributed by atoms with Gasteiger partial charge in [-0.2, -0.15) is 0 Å². The van der Waals surface area contributed by atoms with E-state index >= 15 is 0 Å². The Hall–Kier alpha value is -3.94. The first kappa shape index (κ1) is 24.2. The maximum Gasteiger partial charge on any atom is 0.254 e. The van der Waals surface area contributed by atoms with Crippen molar-refractivity contribution in [2.75, 3.05) is 33.8 Å². The lowest BCUT2D eigenvalue weighted by molar-refractivity contribution is -0.116. The largest absolute Gasteiger partial charge is 0.496 e. The van der Waals surface area contributed by atoms with Crippen molar-refractivity contribution in [1.82, 2.24) is 5.32 Å². The number of benzene rings is 2.